The van der Waals surface area contributed by atoms with Crippen LogP contribution in [0.4, 0.5) is 0 Å². The Balaban J connectivity index is 1.85. The highest BCUT2D eigenvalue weighted by Gasteiger charge is 2.13. The van der Waals surface area contributed by atoms with E-state index in [0.29, 0.717) is 16.5 Å². The van der Waals surface area contributed by atoms with E-state index in [1.54, 1.807) is 37.3 Å². The molecule has 0 bridgehead atoms. The number of benzene rings is 1. The van der Waals surface area contributed by atoms with Crippen molar-refractivity contribution in [3.8, 4) is 5.75 Å². The van der Waals surface area contributed by atoms with Crippen LogP contribution in [0, 0.1) is 6.92 Å². The highest BCUT2D eigenvalue weighted by Crippen LogP contribution is 2.16. The van der Waals surface area contributed by atoms with Crippen molar-refractivity contribution in [1.29, 1.82) is 0 Å². The van der Waals surface area contributed by atoms with Crippen LogP contribution in [-0.2, 0) is 4.79 Å². The van der Waals surface area contributed by atoms with Gasteiger partial charge in [0.25, 0.3) is 5.91 Å². The molecule has 0 saturated heterocycles. The highest BCUT2D eigenvalue weighted by molar-refractivity contribution is 6.30. The summed E-state index contributed by atoms with van der Waals surface area (Å²) in [4.78, 5) is 11.8. The summed E-state index contributed by atoms with van der Waals surface area (Å²) in [7, 11) is 0. The molecule has 2 aromatic rings. The summed E-state index contributed by atoms with van der Waals surface area (Å²) in [6.45, 7) is 3.47. The average Bonchev–Trinajstić information content (AvgIpc) is 2.87. The first-order chi connectivity index (χ1) is 10.0. The van der Waals surface area contributed by atoms with E-state index in [1.165, 1.54) is 6.21 Å². The Morgan fingerprint density at radius 1 is 1.33 bits per heavy atom. The lowest BCUT2D eigenvalue weighted by Crippen LogP contribution is -2.33. The van der Waals surface area contributed by atoms with Gasteiger partial charge in [0, 0.05) is 5.02 Å². The third kappa shape index (κ3) is 4.65. The summed E-state index contributed by atoms with van der Waals surface area (Å²) < 4.78 is 10.8. The summed E-state index contributed by atoms with van der Waals surface area (Å²) in [5.41, 5.74) is 2.39. The molecule has 0 saturated carbocycles. The van der Waals surface area contributed by atoms with Crippen LogP contribution in [-0.4, -0.2) is 18.2 Å². The third-order valence-corrected chi connectivity index (χ3v) is 2.88. The van der Waals surface area contributed by atoms with Crippen molar-refractivity contribution >= 4 is 23.7 Å². The van der Waals surface area contributed by atoms with Crippen molar-refractivity contribution in [2.75, 3.05) is 0 Å². The number of nitrogens with one attached hydrogen (secondary N) is 1. The van der Waals surface area contributed by atoms with E-state index >= 15 is 0 Å². The molecule has 1 atom stereocenters. The Morgan fingerprint density at radius 3 is 2.67 bits per heavy atom. The van der Waals surface area contributed by atoms with Gasteiger partial charge in [-0.2, -0.15) is 5.10 Å². The lowest BCUT2D eigenvalue weighted by Gasteiger charge is -2.12. The molecule has 0 aliphatic heterocycles. The normalized spacial score (nSPS) is 12.3. The minimum Gasteiger partial charge on any atom is -0.481 e. The van der Waals surface area contributed by atoms with Crippen LogP contribution >= 0.6 is 11.6 Å². The largest absolute Gasteiger partial charge is 0.481 e. The van der Waals surface area contributed by atoms with E-state index in [0.717, 1.165) is 5.76 Å². The summed E-state index contributed by atoms with van der Waals surface area (Å²) in [5, 5.41) is 4.42. The first-order valence-corrected chi connectivity index (χ1v) is 6.74. The molecule has 5 nitrogen and oxygen atoms in total. The van der Waals surface area contributed by atoms with E-state index in [1.807, 2.05) is 13.0 Å². The molecule has 21 heavy (non-hydrogen) atoms. The number of carbonyl (C=O) groups is 1. The van der Waals surface area contributed by atoms with E-state index in [4.69, 9.17) is 20.8 Å². The van der Waals surface area contributed by atoms with Crippen molar-refractivity contribution in [3.05, 3.63) is 52.9 Å². The summed E-state index contributed by atoms with van der Waals surface area (Å²) >= 11 is 5.78. The number of amides is 1. The second-order valence-corrected chi connectivity index (χ2v) is 4.83. The van der Waals surface area contributed by atoms with Crippen molar-refractivity contribution < 1.29 is 13.9 Å². The molecule has 110 valence electrons. The van der Waals surface area contributed by atoms with Gasteiger partial charge in [0.2, 0.25) is 0 Å². The fourth-order valence-electron chi connectivity index (χ4n) is 1.54. The van der Waals surface area contributed by atoms with E-state index in [2.05, 4.69) is 10.5 Å². The maximum Gasteiger partial charge on any atom is 0.280 e. The second-order valence-electron chi connectivity index (χ2n) is 4.40. The van der Waals surface area contributed by atoms with Crippen LogP contribution < -0.4 is 10.2 Å². The first-order valence-electron chi connectivity index (χ1n) is 6.36. The third-order valence-electron chi connectivity index (χ3n) is 2.62. The predicted octanol–water partition coefficient (Wildman–Crippen LogP) is 3.16. The molecule has 1 heterocycles. The van der Waals surface area contributed by atoms with Gasteiger partial charge in [0.15, 0.2) is 6.10 Å². The molecule has 1 amide bonds. The lowest BCUT2D eigenvalue weighted by molar-refractivity contribution is -0.127. The molecular formula is C15H15ClN2O3. The Hall–Kier alpha value is -2.27. The lowest BCUT2D eigenvalue weighted by atomic mass is 10.3. The second kappa shape index (κ2) is 6.95. The molecule has 0 fully saturated rings. The van der Waals surface area contributed by atoms with Crippen LogP contribution in [0.25, 0.3) is 0 Å². The van der Waals surface area contributed by atoms with Gasteiger partial charge in [-0.15, -0.1) is 0 Å². The highest BCUT2D eigenvalue weighted by atomic mass is 35.5. The van der Waals surface area contributed by atoms with Gasteiger partial charge in [0.1, 0.15) is 17.3 Å². The number of ether oxygens (including phenoxy) is 1. The summed E-state index contributed by atoms with van der Waals surface area (Å²) in [5.74, 6) is 1.55. The number of rotatable bonds is 5. The molecule has 0 unspecified atom stereocenters. The minimum absolute atomic E-state index is 0.357. The number of aryl methyl sites for hydroxylation is 1. The van der Waals surface area contributed by atoms with E-state index < -0.39 is 6.10 Å². The van der Waals surface area contributed by atoms with Crippen molar-refractivity contribution in [2.24, 2.45) is 5.10 Å². The molecule has 1 N–H and O–H groups in total. The van der Waals surface area contributed by atoms with Gasteiger partial charge >= 0.3 is 0 Å². The Kier molecular flexibility index (Phi) is 5.00. The minimum atomic E-state index is -0.679. The zero-order valence-corrected chi connectivity index (χ0v) is 12.4. The summed E-state index contributed by atoms with van der Waals surface area (Å²) in [6.07, 6.45) is 0.751. The van der Waals surface area contributed by atoms with E-state index in [9.17, 15) is 4.79 Å². The Bertz CT molecular complexity index is 635. The monoisotopic (exact) mass is 306 g/mol. The molecule has 0 radical (unpaired) electrons. The fourth-order valence-corrected chi connectivity index (χ4v) is 1.67. The Morgan fingerprint density at radius 2 is 2.05 bits per heavy atom. The predicted molar refractivity (Wildman–Crippen MR) is 80.7 cm³/mol. The van der Waals surface area contributed by atoms with E-state index in [-0.39, 0.29) is 5.91 Å². The number of nitrogens with zero attached hydrogens (tertiary/aromatic N) is 1. The molecule has 2 rings (SSSR count). The molecule has 1 aromatic carbocycles. The van der Waals surface area contributed by atoms with Gasteiger partial charge in [-0.1, -0.05) is 11.6 Å². The number of furan rings is 1. The van der Waals surface area contributed by atoms with Gasteiger partial charge in [0.05, 0.1) is 6.21 Å². The van der Waals surface area contributed by atoms with Crippen LogP contribution in [0.3, 0.4) is 0 Å². The van der Waals surface area contributed by atoms with Crippen molar-refractivity contribution in [2.45, 2.75) is 20.0 Å². The van der Waals surface area contributed by atoms with Crippen LogP contribution in [0.15, 0.2) is 45.9 Å². The first kappa shape index (κ1) is 15.1. The number of hydrazone groups is 1. The number of hydrogen-bond acceptors (Lipinski definition) is 4. The van der Waals surface area contributed by atoms with Gasteiger partial charge in [-0.05, 0) is 50.2 Å². The smallest absolute Gasteiger partial charge is 0.280 e. The zero-order valence-electron chi connectivity index (χ0n) is 11.7. The van der Waals surface area contributed by atoms with Crippen LogP contribution in [0.2, 0.25) is 5.02 Å². The molecule has 0 aliphatic carbocycles. The fraction of sp³-hybridized carbons (Fsp3) is 0.200. The van der Waals surface area contributed by atoms with Gasteiger partial charge < -0.3 is 9.15 Å². The van der Waals surface area contributed by atoms with Gasteiger partial charge in [-0.25, -0.2) is 5.43 Å². The van der Waals surface area contributed by atoms with Crippen molar-refractivity contribution in [3.63, 3.8) is 0 Å². The standard InChI is InChI=1S/C15H15ClN2O3/c1-10-3-6-14(20-10)9-17-18-15(19)11(2)21-13-7-4-12(16)5-8-13/h3-9,11H,1-2H3,(H,18,19)/b17-9-/t11-/m1/s1. The SMILES string of the molecule is Cc1ccc(/C=N\NC(=O)[C@@H](C)Oc2ccc(Cl)cc2)o1. The molecule has 0 spiro atoms. The zero-order chi connectivity index (χ0) is 15.2. The summed E-state index contributed by atoms with van der Waals surface area (Å²) in [6, 6.07) is 10.4. The van der Waals surface area contributed by atoms with Crippen LogP contribution in [0.5, 0.6) is 5.75 Å². The average molecular weight is 307 g/mol. The number of halogens is 1. The molecule has 0 aliphatic rings. The molecular weight excluding hydrogens is 292 g/mol. The maximum atomic E-state index is 11.8. The van der Waals surface area contributed by atoms with Crippen molar-refractivity contribution in [1.82, 2.24) is 5.43 Å². The topological polar surface area (TPSA) is 63.8 Å². The van der Waals surface area contributed by atoms with Crippen LogP contribution in [0.1, 0.15) is 18.4 Å². The number of carbonyl (C=O) groups excluding carboxylic acids is 1. The van der Waals surface area contributed by atoms with Gasteiger partial charge in [-0.3, -0.25) is 4.79 Å². The quantitative estimate of drug-likeness (QED) is 0.681. The maximum absolute atomic E-state index is 11.8. The number of hydrogen-bond donors (Lipinski definition) is 1. The Labute approximate surface area is 127 Å². The molecule has 1 aromatic heterocycles. The molecule has 6 heteroatoms.